The molecule has 0 bridgehead atoms. The third-order valence-corrected chi connectivity index (χ3v) is 3.80. The topological polar surface area (TPSA) is 30.7 Å². The Bertz CT molecular complexity index is 943. The molecule has 0 N–H and O–H groups in total. The first kappa shape index (κ1) is 12.4. The highest BCUT2D eigenvalue weighted by atomic mass is 35.5. The highest BCUT2D eigenvalue weighted by molar-refractivity contribution is 6.31. The molecule has 2 aromatic heterocycles. The second kappa shape index (κ2) is 4.86. The maximum absolute atomic E-state index is 6.01. The van der Waals surface area contributed by atoms with Gasteiger partial charge in [0.15, 0.2) is 0 Å². The summed E-state index contributed by atoms with van der Waals surface area (Å²) in [6.07, 6.45) is 3.57. The molecule has 4 rings (SSSR count). The fourth-order valence-corrected chi connectivity index (χ4v) is 2.74. The first-order chi connectivity index (χ1) is 10.3. The molecule has 0 fully saturated rings. The van der Waals surface area contributed by atoms with Crippen LogP contribution in [0.3, 0.4) is 0 Å². The molecule has 3 nitrogen and oxygen atoms in total. The van der Waals surface area contributed by atoms with Gasteiger partial charge in [-0.1, -0.05) is 35.9 Å². The van der Waals surface area contributed by atoms with E-state index in [9.17, 15) is 0 Å². The Balaban J connectivity index is 1.76. The van der Waals surface area contributed by atoms with Crippen LogP contribution < -0.4 is 0 Å². The van der Waals surface area contributed by atoms with E-state index in [0.29, 0.717) is 5.02 Å². The van der Waals surface area contributed by atoms with Crippen LogP contribution in [0.15, 0.2) is 60.9 Å². The van der Waals surface area contributed by atoms with Gasteiger partial charge in [0.2, 0.25) is 0 Å². The lowest BCUT2D eigenvalue weighted by Crippen LogP contribution is -2.01. The zero-order valence-corrected chi connectivity index (χ0v) is 12.0. The normalized spacial score (nSPS) is 11.3. The van der Waals surface area contributed by atoms with Crippen molar-refractivity contribution in [3.8, 4) is 0 Å². The Kier molecular flexibility index (Phi) is 2.86. The van der Waals surface area contributed by atoms with Crippen molar-refractivity contribution in [2.45, 2.75) is 6.54 Å². The molecule has 4 heteroatoms. The summed E-state index contributed by atoms with van der Waals surface area (Å²) in [6.45, 7) is 0.732. The van der Waals surface area contributed by atoms with Gasteiger partial charge in [-0.2, -0.15) is 5.10 Å². The zero-order chi connectivity index (χ0) is 14.2. The van der Waals surface area contributed by atoms with Gasteiger partial charge in [0.05, 0.1) is 28.8 Å². The number of hydrogen-bond donors (Lipinski definition) is 0. The SMILES string of the molecule is Clc1cnc2ccc(Cn3ncc4ccccc43)cc2c1. The number of benzene rings is 2. The van der Waals surface area contributed by atoms with Crippen molar-refractivity contribution in [2.75, 3.05) is 0 Å². The number of aromatic nitrogens is 3. The molecule has 4 aromatic rings. The molecule has 0 aliphatic carbocycles. The Morgan fingerprint density at radius 3 is 2.81 bits per heavy atom. The molecule has 0 saturated carbocycles. The largest absolute Gasteiger partial charge is 0.260 e. The summed E-state index contributed by atoms with van der Waals surface area (Å²) in [5, 5.41) is 7.33. The molecule has 0 unspecified atom stereocenters. The molecular formula is C17H12ClN3. The lowest BCUT2D eigenvalue weighted by Gasteiger charge is -2.06. The number of para-hydroxylation sites is 1. The molecule has 102 valence electrons. The lowest BCUT2D eigenvalue weighted by atomic mass is 10.1. The molecular weight excluding hydrogens is 282 g/mol. The molecule has 0 saturated heterocycles. The fourth-order valence-electron chi connectivity index (χ4n) is 2.58. The quantitative estimate of drug-likeness (QED) is 0.552. The van der Waals surface area contributed by atoms with Crippen LogP contribution in [0.5, 0.6) is 0 Å². The summed E-state index contributed by atoms with van der Waals surface area (Å²) in [4.78, 5) is 4.31. The van der Waals surface area contributed by atoms with Crippen molar-refractivity contribution in [1.82, 2.24) is 14.8 Å². The molecule has 0 aliphatic heterocycles. The monoisotopic (exact) mass is 293 g/mol. The molecule has 0 radical (unpaired) electrons. The minimum absolute atomic E-state index is 0.657. The van der Waals surface area contributed by atoms with Crippen LogP contribution in [0.4, 0.5) is 0 Å². The van der Waals surface area contributed by atoms with Crippen LogP contribution in [0.1, 0.15) is 5.56 Å². The smallest absolute Gasteiger partial charge is 0.0703 e. The first-order valence-electron chi connectivity index (χ1n) is 6.74. The summed E-state index contributed by atoms with van der Waals surface area (Å²) in [6, 6.07) is 16.4. The summed E-state index contributed by atoms with van der Waals surface area (Å²) >= 11 is 6.01. The Morgan fingerprint density at radius 2 is 1.86 bits per heavy atom. The van der Waals surface area contributed by atoms with Crippen LogP contribution in [-0.2, 0) is 6.54 Å². The van der Waals surface area contributed by atoms with E-state index in [1.165, 1.54) is 5.56 Å². The van der Waals surface area contributed by atoms with E-state index in [1.54, 1.807) is 6.20 Å². The Morgan fingerprint density at radius 1 is 0.952 bits per heavy atom. The predicted octanol–water partition coefficient (Wildman–Crippen LogP) is 4.29. The second-order valence-corrected chi connectivity index (χ2v) is 5.48. The summed E-state index contributed by atoms with van der Waals surface area (Å²) in [7, 11) is 0. The third-order valence-electron chi connectivity index (χ3n) is 3.60. The van der Waals surface area contributed by atoms with Gasteiger partial charge in [0, 0.05) is 17.0 Å². The maximum Gasteiger partial charge on any atom is 0.0703 e. The molecule has 21 heavy (non-hydrogen) atoms. The predicted molar refractivity (Wildman–Crippen MR) is 85.6 cm³/mol. The minimum atomic E-state index is 0.657. The number of pyridine rings is 1. The number of halogens is 1. The Hall–Kier alpha value is -2.39. The van der Waals surface area contributed by atoms with Gasteiger partial charge in [0.1, 0.15) is 0 Å². The summed E-state index contributed by atoms with van der Waals surface area (Å²) < 4.78 is 2.01. The van der Waals surface area contributed by atoms with E-state index >= 15 is 0 Å². The van der Waals surface area contributed by atoms with E-state index in [2.05, 4.69) is 34.3 Å². The van der Waals surface area contributed by atoms with Crippen molar-refractivity contribution in [3.05, 3.63) is 71.5 Å². The molecule has 2 heterocycles. The van der Waals surface area contributed by atoms with Crippen LogP contribution >= 0.6 is 11.6 Å². The van der Waals surface area contributed by atoms with Crippen molar-refractivity contribution in [1.29, 1.82) is 0 Å². The minimum Gasteiger partial charge on any atom is -0.260 e. The number of hydrogen-bond acceptors (Lipinski definition) is 2. The zero-order valence-electron chi connectivity index (χ0n) is 11.2. The van der Waals surface area contributed by atoms with Crippen LogP contribution in [-0.4, -0.2) is 14.8 Å². The summed E-state index contributed by atoms with van der Waals surface area (Å²) in [5.41, 5.74) is 3.27. The molecule has 0 spiro atoms. The van der Waals surface area contributed by atoms with Gasteiger partial charge in [0.25, 0.3) is 0 Å². The number of rotatable bonds is 2. The van der Waals surface area contributed by atoms with E-state index in [-0.39, 0.29) is 0 Å². The van der Waals surface area contributed by atoms with Gasteiger partial charge in [-0.3, -0.25) is 9.67 Å². The molecule has 2 aromatic carbocycles. The molecule has 0 atom stereocenters. The first-order valence-corrected chi connectivity index (χ1v) is 7.12. The van der Waals surface area contributed by atoms with Crippen LogP contribution in [0.25, 0.3) is 21.8 Å². The van der Waals surface area contributed by atoms with Crippen molar-refractivity contribution in [3.63, 3.8) is 0 Å². The second-order valence-electron chi connectivity index (χ2n) is 5.04. The number of fused-ring (bicyclic) bond motifs is 2. The van der Waals surface area contributed by atoms with E-state index < -0.39 is 0 Å². The fraction of sp³-hybridized carbons (Fsp3) is 0.0588. The standard InChI is InChI=1S/C17H12ClN3/c18-15-8-14-7-12(5-6-16(14)19-10-15)11-21-17-4-2-1-3-13(17)9-20-21/h1-10H,11H2. The van der Waals surface area contributed by atoms with Crippen LogP contribution in [0, 0.1) is 0 Å². The van der Waals surface area contributed by atoms with Gasteiger partial charge >= 0.3 is 0 Å². The third kappa shape index (κ3) is 2.26. The number of nitrogens with zero attached hydrogens (tertiary/aromatic N) is 3. The van der Waals surface area contributed by atoms with Crippen molar-refractivity contribution in [2.24, 2.45) is 0 Å². The van der Waals surface area contributed by atoms with Crippen LogP contribution in [0.2, 0.25) is 5.02 Å². The van der Waals surface area contributed by atoms with Gasteiger partial charge < -0.3 is 0 Å². The van der Waals surface area contributed by atoms with E-state index in [0.717, 1.165) is 28.4 Å². The average Bonchev–Trinajstić information content (AvgIpc) is 2.90. The van der Waals surface area contributed by atoms with Crippen molar-refractivity contribution >= 4 is 33.4 Å². The van der Waals surface area contributed by atoms with Gasteiger partial charge in [-0.25, -0.2) is 0 Å². The molecule has 0 aliphatic rings. The summed E-state index contributed by atoms with van der Waals surface area (Å²) in [5.74, 6) is 0. The van der Waals surface area contributed by atoms with Gasteiger partial charge in [-0.05, 0) is 29.8 Å². The highest BCUT2D eigenvalue weighted by Gasteiger charge is 2.04. The lowest BCUT2D eigenvalue weighted by molar-refractivity contribution is 0.713. The maximum atomic E-state index is 6.01. The van der Waals surface area contributed by atoms with Crippen molar-refractivity contribution < 1.29 is 0 Å². The van der Waals surface area contributed by atoms with Gasteiger partial charge in [-0.15, -0.1) is 0 Å². The Labute approximate surface area is 126 Å². The molecule has 0 amide bonds. The van der Waals surface area contributed by atoms with E-state index in [1.807, 2.05) is 35.1 Å². The average molecular weight is 294 g/mol. The highest BCUT2D eigenvalue weighted by Crippen LogP contribution is 2.20. The van der Waals surface area contributed by atoms with E-state index in [4.69, 9.17) is 11.6 Å².